The maximum Gasteiger partial charge on any atom is 0.163 e. The molecular formula is C11H14O. The molecule has 0 saturated heterocycles. The molecule has 0 radical (unpaired) electrons. The first-order chi connectivity index (χ1) is 5.75. The second-order valence-electron chi connectivity index (χ2n) is 2.98. The molecule has 1 atom stereocenters. The highest BCUT2D eigenvalue weighted by molar-refractivity contribution is 5.98. The Bertz CT molecular complexity index is 228. The monoisotopic (exact) mass is 162 g/mol. The smallest absolute Gasteiger partial charge is 0.163 e. The number of carbonyl (C=O) groups excluding carboxylic acids is 1. The maximum atomic E-state index is 11.2. The van der Waals surface area contributed by atoms with Crippen LogP contribution in [0.1, 0.15) is 19.8 Å². The Labute approximate surface area is 73.5 Å². The molecule has 0 aromatic heterocycles. The van der Waals surface area contributed by atoms with E-state index >= 15 is 0 Å². The second kappa shape index (κ2) is 4.05. The summed E-state index contributed by atoms with van der Waals surface area (Å²) in [6, 6.07) is 0. The Morgan fingerprint density at radius 2 is 2.25 bits per heavy atom. The fourth-order valence-electron chi connectivity index (χ4n) is 1.27. The van der Waals surface area contributed by atoms with Crippen LogP contribution in [0.25, 0.3) is 0 Å². The Balaban J connectivity index is 2.48. The van der Waals surface area contributed by atoms with E-state index in [-0.39, 0.29) is 11.7 Å². The molecule has 0 spiro atoms. The van der Waals surface area contributed by atoms with E-state index in [2.05, 4.69) is 25.7 Å². The van der Waals surface area contributed by atoms with E-state index in [1.807, 2.05) is 6.08 Å². The molecule has 0 aliphatic heterocycles. The summed E-state index contributed by atoms with van der Waals surface area (Å²) in [5, 5.41) is 0. The van der Waals surface area contributed by atoms with Gasteiger partial charge in [-0.3, -0.25) is 4.79 Å². The molecule has 0 heterocycles. The zero-order valence-corrected chi connectivity index (χ0v) is 7.42. The number of hydrogen-bond acceptors (Lipinski definition) is 1. The lowest BCUT2D eigenvalue weighted by atomic mass is 9.98. The highest BCUT2D eigenvalue weighted by Crippen LogP contribution is 2.23. The minimum absolute atomic E-state index is 0.0211. The van der Waals surface area contributed by atoms with E-state index in [0.717, 1.165) is 18.4 Å². The molecule has 0 saturated carbocycles. The summed E-state index contributed by atoms with van der Waals surface area (Å²) in [6.45, 7) is 5.91. The van der Waals surface area contributed by atoms with Crippen LogP contribution >= 0.6 is 0 Å². The van der Waals surface area contributed by atoms with Gasteiger partial charge in [0.25, 0.3) is 0 Å². The van der Waals surface area contributed by atoms with Crippen molar-refractivity contribution in [2.75, 3.05) is 0 Å². The van der Waals surface area contributed by atoms with E-state index < -0.39 is 0 Å². The van der Waals surface area contributed by atoms with E-state index in [0.29, 0.717) is 0 Å². The third kappa shape index (κ3) is 1.94. The second-order valence-corrected chi connectivity index (χ2v) is 2.98. The first-order valence-electron chi connectivity index (χ1n) is 4.31. The third-order valence-corrected chi connectivity index (χ3v) is 2.03. The number of rotatable bonds is 3. The van der Waals surface area contributed by atoms with Gasteiger partial charge >= 0.3 is 0 Å². The largest absolute Gasteiger partial charge is 0.294 e. The molecule has 12 heavy (non-hydrogen) atoms. The van der Waals surface area contributed by atoms with E-state index in [4.69, 9.17) is 0 Å². The predicted molar refractivity (Wildman–Crippen MR) is 50.8 cm³/mol. The molecule has 1 nitrogen and oxygen atoms in total. The molecule has 0 bridgehead atoms. The summed E-state index contributed by atoms with van der Waals surface area (Å²) in [5.41, 5.74) is 0.945. The van der Waals surface area contributed by atoms with Crippen LogP contribution in [0, 0.1) is 5.92 Å². The minimum atomic E-state index is 0.0211. The van der Waals surface area contributed by atoms with Gasteiger partial charge in [0.1, 0.15) is 0 Å². The van der Waals surface area contributed by atoms with Crippen LogP contribution in [0.15, 0.2) is 36.5 Å². The predicted octanol–water partition coefficient (Wildman–Crippen LogP) is 2.65. The Kier molecular flexibility index (Phi) is 3.03. The molecule has 1 aliphatic rings. The van der Waals surface area contributed by atoms with Gasteiger partial charge in [-0.2, -0.15) is 0 Å². The SMILES string of the molecule is C=C1C=CC(=O)C1C/C=C\CC. The van der Waals surface area contributed by atoms with Crippen molar-refractivity contribution in [3.63, 3.8) is 0 Å². The standard InChI is InChI=1S/C11H14O/c1-3-4-5-6-10-9(2)7-8-11(10)12/h4-5,7-8,10H,2-3,6H2,1H3/b5-4-. The molecule has 1 unspecified atom stereocenters. The molecule has 0 aromatic carbocycles. The Morgan fingerprint density at radius 3 is 2.75 bits per heavy atom. The van der Waals surface area contributed by atoms with Crippen molar-refractivity contribution in [3.8, 4) is 0 Å². The number of carbonyl (C=O) groups is 1. The molecular weight excluding hydrogens is 148 g/mol. The summed E-state index contributed by atoms with van der Waals surface area (Å²) >= 11 is 0. The summed E-state index contributed by atoms with van der Waals surface area (Å²) in [4.78, 5) is 11.2. The summed E-state index contributed by atoms with van der Waals surface area (Å²) in [7, 11) is 0. The molecule has 1 rings (SSSR count). The van der Waals surface area contributed by atoms with Gasteiger partial charge in [0, 0.05) is 5.92 Å². The number of hydrogen-bond donors (Lipinski definition) is 0. The fraction of sp³-hybridized carbons (Fsp3) is 0.364. The van der Waals surface area contributed by atoms with Crippen molar-refractivity contribution in [2.45, 2.75) is 19.8 Å². The molecule has 1 heteroatoms. The van der Waals surface area contributed by atoms with Gasteiger partial charge in [-0.1, -0.05) is 31.7 Å². The zero-order chi connectivity index (χ0) is 8.97. The molecule has 1 aliphatic carbocycles. The summed E-state index contributed by atoms with van der Waals surface area (Å²) in [5.74, 6) is 0.216. The first kappa shape index (κ1) is 8.98. The van der Waals surface area contributed by atoms with Gasteiger partial charge in [-0.05, 0) is 24.5 Å². The minimum Gasteiger partial charge on any atom is -0.294 e. The van der Waals surface area contributed by atoms with E-state index in [1.165, 1.54) is 0 Å². The Hall–Kier alpha value is -1.11. The fourth-order valence-corrected chi connectivity index (χ4v) is 1.27. The van der Waals surface area contributed by atoms with Crippen molar-refractivity contribution in [2.24, 2.45) is 5.92 Å². The molecule has 0 aromatic rings. The molecule has 64 valence electrons. The van der Waals surface area contributed by atoms with E-state index in [9.17, 15) is 4.79 Å². The Morgan fingerprint density at radius 1 is 1.50 bits per heavy atom. The summed E-state index contributed by atoms with van der Waals surface area (Å²) < 4.78 is 0. The van der Waals surface area contributed by atoms with Crippen molar-refractivity contribution >= 4 is 5.78 Å². The average Bonchev–Trinajstić information content (AvgIpc) is 2.35. The lowest BCUT2D eigenvalue weighted by Gasteiger charge is -2.04. The van der Waals surface area contributed by atoms with Gasteiger partial charge in [0.15, 0.2) is 5.78 Å². The van der Waals surface area contributed by atoms with Crippen molar-refractivity contribution in [1.29, 1.82) is 0 Å². The van der Waals surface area contributed by atoms with Crippen LogP contribution in [-0.2, 0) is 4.79 Å². The third-order valence-electron chi connectivity index (χ3n) is 2.03. The van der Waals surface area contributed by atoms with Crippen molar-refractivity contribution in [1.82, 2.24) is 0 Å². The van der Waals surface area contributed by atoms with Crippen molar-refractivity contribution < 1.29 is 4.79 Å². The lowest BCUT2D eigenvalue weighted by Crippen LogP contribution is -2.06. The number of allylic oxidation sites excluding steroid dienone is 5. The average molecular weight is 162 g/mol. The van der Waals surface area contributed by atoms with Crippen molar-refractivity contribution in [3.05, 3.63) is 36.5 Å². The maximum absolute atomic E-state index is 11.2. The van der Waals surface area contributed by atoms with Crippen LogP contribution in [0.2, 0.25) is 0 Å². The summed E-state index contributed by atoms with van der Waals surface area (Å²) in [6.07, 6.45) is 9.40. The van der Waals surface area contributed by atoms with Gasteiger partial charge < -0.3 is 0 Å². The first-order valence-corrected chi connectivity index (χ1v) is 4.31. The van der Waals surface area contributed by atoms with Crippen LogP contribution in [0.5, 0.6) is 0 Å². The lowest BCUT2D eigenvalue weighted by molar-refractivity contribution is -0.116. The highest BCUT2D eigenvalue weighted by Gasteiger charge is 2.21. The zero-order valence-electron chi connectivity index (χ0n) is 7.42. The van der Waals surface area contributed by atoms with Crippen LogP contribution in [0.4, 0.5) is 0 Å². The van der Waals surface area contributed by atoms with Gasteiger partial charge in [0.2, 0.25) is 0 Å². The van der Waals surface area contributed by atoms with Crippen LogP contribution in [-0.4, -0.2) is 5.78 Å². The van der Waals surface area contributed by atoms with Gasteiger partial charge in [0.05, 0.1) is 0 Å². The number of ketones is 1. The molecule has 0 fully saturated rings. The van der Waals surface area contributed by atoms with Crippen LogP contribution < -0.4 is 0 Å². The molecule has 0 N–H and O–H groups in total. The topological polar surface area (TPSA) is 17.1 Å². The normalized spacial score (nSPS) is 22.9. The van der Waals surface area contributed by atoms with Gasteiger partial charge in [-0.25, -0.2) is 0 Å². The van der Waals surface area contributed by atoms with Crippen LogP contribution in [0.3, 0.4) is 0 Å². The van der Waals surface area contributed by atoms with E-state index in [1.54, 1.807) is 6.08 Å². The van der Waals surface area contributed by atoms with Gasteiger partial charge in [-0.15, -0.1) is 0 Å². The quantitative estimate of drug-likeness (QED) is 0.583. The molecule has 0 amide bonds. The highest BCUT2D eigenvalue weighted by atomic mass is 16.1.